The van der Waals surface area contributed by atoms with E-state index >= 15 is 0 Å². The Labute approximate surface area is 198 Å². The molecule has 0 saturated heterocycles. The molecule has 174 valence electrons. The number of rotatable bonds is 12. The van der Waals surface area contributed by atoms with Crippen LogP contribution in [0.3, 0.4) is 0 Å². The average molecular weight is 471 g/mol. The van der Waals surface area contributed by atoms with E-state index in [0.717, 1.165) is 24.9 Å². The van der Waals surface area contributed by atoms with Gasteiger partial charge in [0.2, 0.25) is 5.95 Å². The van der Waals surface area contributed by atoms with Gasteiger partial charge in [0.15, 0.2) is 0 Å². The van der Waals surface area contributed by atoms with Crippen LogP contribution in [0.2, 0.25) is 0 Å². The van der Waals surface area contributed by atoms with E-state index in [0.29, 0.717) is 23.9 Å². The van der Waals surface area contributed by atoms with Crippen LogP contribution in [0.1, 0.15) is 28.8 Å². The van der Waals surface area contributed by atoms with Crippen molar-refractivity contribution in [3.8, 4) is 5.75 Å². The highest BCUT2D eigenvalue weighted by Gasteiger charge is 2.21. The molecule has 3 aromatic rings. The maximum absolute atomic E-state index is 12.3. The summed E-state index contributed by atoms with van der Waals surface area (Å²) in [5.74, 6) is -0.160. The Morgan fingerprint density at radius 3 is 2.30 bits per heavy atom. The lowest BCUT2D eigenvalue weighted by molar-refractivity contribution is -0.139. The average Bonchev–Trinajstić information content (AvgIpc) is 2.83. The number of carbonyl (C=O) groups excluding carboxylic acids is 1. The molecule has 33 heavy (non-hydrogen) atoms. The Bertz CT molecular complexity index is 988. The molecule has 0 spiro atoms. The summed E-state index contributed by atoms with van der Waals surface area (Å²) >= 11 is 0. The molecule has 1 heterocycles. The van der Waals surface area contributed by atoms with E-state index < -0.39 is 17.9 Å². The summed E-state index contributed by atoms with van der Waals surface area (Å²) in [6.07, 6.45) is 5.35. The molecule has 1 aromatic heterocycles. The normalized spacial score (nSPS) is 11.0. The summed E-state index contributed by atoms with van der Waals surface area (Å²) in [5.41, 5.74) is 1.22. The molecule has 2 aromatic carbocycles. The molecule has 3 N–H and O–H groups in total. The minimum atomic E-state index is -1.08. The first-order valence-corrected chi connectivity index (χ1v) is 10.4. The van der Waals surface area contributed by atoms with Crippen molar-refractivity contribution in [1.29, 1.82) is 0 Å². The molecule has 0 saturated carbocycles. The summed E-state index contributed by atoms with van der Waals surface area (Å²) in [4.78, 5) is 32.1. The number of hydrogen-bond acceptors (Lipinski definition) is 6. The molecule has 0 radical (unpaired) electrons. The van der Waals surface area contributed by atoms with E-state index in [1.54, 1.807) is 48.8 Å². The van der Waals surface area contributed by atoms with Gasteiger partial charge in [-0.25, -0.2) is 14.8 Å². The largest absolute Gasteiger partial charge is 0.494 e. The van der Waals surface area contributed by atoms with Crippen molar-refractivity contribution in [2.45, 2.75) is 25.3 Å². The highest BCUT2D eigenvalue weighted by molar-refractivity contribution is 5.96. The lowest BCUT2D eigenvalue weighted by Crippen LogP contribution is -2.42. The van der Waals surface area contributed by atoms with Crippen LogP contribution in [0.5, 0.6) is 5.75 Å². The number of benzene rings is 2. The van der Waals surface area contributed by atoms with Crippen molar-refractivity contribution in [3.63, 3.8) is 0 Å². The number of amides is 1. The maximum atomic E-state index is 12.3. The standard InChI is InChI=1S/C24H26N4O4.ClH/c29-22(19-7-2-1-3-8-19)28-21(23(30)31)17-18-9-11-20(12-10-18)32-16-5-4-13-25-24-26-14-6-15-27-24;/h1-3,6-12,14-15,21H,4-5,13,16-17H2,(H,28,29)(H,30,31)(H,25,26,27);1H/t21-;/m0./s1. The maximum Gasteiger partial charge on any atom is 0.326 e. The summed E-state index contributed by atoms with van der Waals surface area (Å²) in [5, 5.41) is 15.2. The van der Waals surface area contributed by atoms with E-state index in [-0.39, 0.29) is 18.8 Å². The van der Waals surface area contributed by atoms with Crippen LogP contribution >= 0.6 is 12.4 Å². The number of nitrogens with zero attached hydrogens (tertiary/aromatic N) is 2. The van der Waals surface area contributed by atoms with Crippen molar-refractivity contribution in [2.24, 2.45) is 0 Å². The van der Waals surface area contributed by atoms with Crippen LogP contribution in [0.25, 0.3) is 0 Å². The number of aliphatic carboxylic acids is 1. The number of hydrogen-bond donors (Lipinski definition) is 3. The molecule has 8 nitrogen and oxygen atoms in total. The number of halogens is 1. The van der Waals surface area contributed by atoms with Crippen molar-refractivity contribution in [2.75, 3.05) is 18.5 Å². The topological polar surface area (TPSA) is 113 Å². The zero-order chi connectivity index (χ0) is 22.6. The predicted octanol–water partition coefficient (Wildman–Crippen LogP) is 3.60. The van der Waals surface area contributed by atoms with Gasteiger partial charge < -0.3 is 20.5 Å². The Morgan fingerprint density at radius 2 is 1.64 bits per heavy atom. The van der Waals surface area contributed by atoms with Crippen molar-refractivity contribution in [1.82, 2.24) is 15.3 Å². The molecule has 9 heteroatoms. The minimum Gasteiger partial charge on any atom is -0.494 e. The van der Waals surface area contributed by atoms with Gasteiger partial charge in [-0.3, -0.25) is 4.79 Å². The second-order valence-electron chi connectivity index (χ2n) is 7.13. The molecule has 0 aliphatic carbocycles. The van der Waals surface area contributed by atoms with Gasteiger partial charge in [0, 0.05) is 30.9 Å². The molecule has 3 rings (SSSR count). The highest BCUT2D eigenvalue weighted by atomic mass is 35.5. The Hall–Kier alpha value is -3.65. The molecule has 0 fully saturated rings. The van der Waals surface area contributed by atoms with Gasteiger partial charge in [-0.05, 0) is 48.7 Å². The molecule has 1 atom stereocenters. The number of anilines is 1. The van der Waals surface area contributed by atoms with E-state index in [9.17, 15) is 14.7 Å². The second kappa shape index (κ2) is 13.7. The second-order valence-corrected chi connectivity index (χ2v) is 7.13. The lowest BCUT2D eigenvalue weighted by atomic mass is 10.1. The van der Waals surface area contributed by atoms with Crippen LogP contribution in [-0.4, -0.2) is 46.1 Å². The third-order valence-corrected chi connectivity index (χ3v) is 4.69. The molecule has 0 aliphatic rings. The van der Waals surface area contributed by atoms with Gasteiger partial charge >= 0.3 is 5.97 Å². The fourth-order valence-corrected chi connectivity index (χ4v) is 3.00. The number of ether oxygens (including phenoxy) is 1. The fraction of sp³-hybridized carbons (Fsp3) is 0.250. The van der Waals surface area contributed by atoms with Crippen LogP contribution in [0, 0.1) is 0 Å². The van der Waals surface area contributed by atoms with Crippen molar-refractivity contribution in [3.05, 3.63) is 84.2 Å². The number of carboxylic acids is 1. The zero-order valence-electron chi connectivity index (χ0n) is 18.0. The number of nitrogens with one attached hydrogen (secondary N) is 2. The van der Waals surface area contributed by atoms with Crippen LogP contribution in [0.15, 0.2) is 73.1 Å². The number of aromatic nitrogens is 2. The fourth-order valence-electron chi connectivity index (χ4n) is 3.00. The SMILES string of the molecule is Cl.O=C(N[C@@H](Cc1ccc(OCCCCNc2ncccn2)cc1)C(=O)O)c1ccccc1. The van der Waals surface area contributed by atoms with Gasteiger partial charge in [-0.15, -0.1) is 12.4 Å². The highest BCUT2D eigenvalue weighted by Crippen LogP contribution is 2.14. The summed E-state index contributed by atoms with van der Waals surface area (Å²) in [6.45, 7) is 1.33. The predicted molar refractivity (Wildman–Crippen MR) is 128 cm³/mol. The van der Waals surface area contributed by atoms with Gasteiger partial charge in [0.25, 0.3) is 5.91 Å². The molecule has 1 amide bonds. The van der Waals surface area contributed by atoms with Gasteiger partial charge in [0.1, 0.15) is 11.8 Å². The first-order chi connectivity index (χ1) is 15.6. The summed E-state index contributed by atoms with van der Waals surface area (Å²) in [7, 11) is 0. The monoisotopic (exact) mass is 470 g/mol. The number of unbranched alkanes of at least 4 members (excludes halogenated alkanes) is 1. The molecule has 0 bridgehead atoms. The van der Waals surface area contributed by atoms with E-state index in [1.165, 1.54) is 0 Å². The smallest absolute Gasteiger partial charge is 0.326 e. The summed E-state index contributed by atoms with van der Waals surface area (Å²) < 4.78 is 5.74. The molecule has 0 aliphatic heterocycles. The van der Waals surface area contributed by atoms with Gasteiger partial charge in [-0.2, -0.15) is 0 Å². The third-order valence-electron chi connectivity index (χ3n) is 4.69. The first-order valence-electron chi connectivity index (χ1n) is 10.4. The quantitative estimate of drug-likeness (QED) is 0.346. The number of carbonyl (C=O) groups is 2. The van der Waals surface area contributed by atoms with Crippen molar-refractivity contribution >= 4 is 30.2 Å². The minimum absolute atomic E-state index is 0. The zero-order valence-corrected chi connectivity index (χ0v) is 18.8. The van der Waals surface area contributed by atoms with E-state index in [2.05, 4.69) is 20.6 Å². The third kappa shape index (κ3) is 8.78. The van der Waals surface area contributed by atoms with Crippen LogP contribution in [-0.2, 0) is 11.2 Å². The molecule has 0 unspecified atom stereocenters. The Balaban J connectivity index is 0.00000385. The van der Waals surface area contributed by atoms with E-state index in [4.69, 9.17) is 4.74 Å². The molecular formula is C24H27ClN4O4. The van der Waals surface area contributed by atoms with E-state index in [1.807, 2.05) is 24.3 Å². The van der Waals surface area contributed by atoms with Crippen LogP contribution in [0.4, 0.5) is 5.95 Å². The summed E-state index contributed by atoms with van der Waals surface area (Å²) in [6, 6.07) is 16.6. The van der Waals surface area contributed by atoms with Crippen LogP contribution < -0.4 is 15.4 Å². The Morgan fingerprint density at radius 1 is 0.939 bits per heavy atom. The molecular weight excluding hydrogens is 444 g/mol. The first kappa shape index (κ1) is 25.6. The number of carboxylic acid groups (broad SMARTS) is 1. The van der Waals surface area contributed by atoms with Gasteiger partial charge in [0.05, 0.1) is 6.61 Å². The Kier molecular flexibility index (Phi) is 10.6. The van der Waals surface area contributed by atoms with Gasteiger partial charge in [-0.1, -0.05) is 30.3 Å². The lowest BCUT2D eigenvalue weighted by Gasteiger charge is -2.15. The van der Waals surface area contributed by atoms with Crippen molar-refractivity contribution < 1.29 is 19.4 Å².